The smallest absolute Gasteiger partial charge is 0.254 e. The maximum Gasteiger partial charge on any atom is 0.254 e. The molecule has 2 heterocycles. The molecule has 0 aromatic carbocycles. The Bertz CT molecular complexity index is 572. The second kappa shape index (κ2) is 6.20. The van der Waals surface area contributed by atoms with Gasteiger partial charge in [-0.25, -0.2) is 0 Å². The van der Waals surface area contributed by atoms with Crippen LogP contribution in [-0.2, 0) is 5.54 Å². The average molecular weight is 293 g/mol. The Morgan fingerprint density at radius 2 is 2.14 bits per heavy atom. The van der Waals surface area contributed by atoms with Crippen molar-refractivity contribution in [2.45, 2.75) is 45.6 Å². The van der Waals surface area contributed by atoms with Gasteiger partial charge in [-0.3, -0.25) is 4.68 Å². The molecule has 0 saturated carbocycles. The Kier molecular flexibility index (Phi) is 4.55. The molecule has 6 nitrogen and oxygen atoms in total. The van der Waals surface area contributed by atoms with Crippen LogP contribution in [0.25, 0.3) is 0 Å². The third kappa shape index (κ3) is 3.77. The van der Waals surface area contributed by atoms with Gasteiger partial charge >= 0.3 is 0 Å². The average Bonchev–Trinajstić information content (AvgIpc) is 3.07. The maximum absolute atomic E-state index is 5.65. The number of rotatable bonds is 7. The zero-order valence-electron chi connectivity index (χ0n) is 13.3. The molecule has 0 bridgehead atoms. The van der Waals surface area contributed by atoms with Gasteiger partial charge in [-0.1, -0.05) is 13.8 Å². The van der Waals surface area contributed by atoms with Gasteiger partial charge in [0.1, 0.15) is 5.76 Å². The molecule has 0 aliphatic rings. The van der Waals surface area contributed by atoms with Crippen molar-refractivity contribution in [1.82, 2.24) is 14.9 Å². The summed E-state index contributed by atoms with van der Waals surface area (Å²) in [4.78, 5) is 0. The fraction of sp³-hybridized carbons (Fsp3) is 0.600. The van der Waals surface area contributed by atoms with Crippen LogP contribution < -0.4 is 9.47 Å². The first kappa shape index (κ1) is 15.4. The first-order valence-corrected chi connectivity index (χ1v) is 7.11. The summed E-state index contributed by atoms with van der Waals surface area (Å²) >= 11 is 0. The summed E-state index contributed by atoms with van der Waals surface area (Å²) in [6.45, 7) is 8.85. The summed E-state index contributed by atoms with van der Waals surface area (Å²) in [5.74, 6) is 2.43. The van der Waals surface area contributed by atoms with Gasteiger partial charge in [0.05, 0.1) is 31.6 Å². The first-order valence-electron chi connectivity index (χ1n) is 7.11. The number of hydrogen-bond acceptors (Lipinski definition) is 5. The van der Waals surface area contributed by atoms with Gasteiger partial charge in [0.25, 0.3) is 5.88 Å². The van der Waals surface area contributed by atoms with Gasteiger partial charge in [0.15, 0.2) is 5.75 Å². The van der Waals surface area contributed by atoms with E-state index in [2.05, 4.69) is 38.0 Å². The van der Waals surface area contributed by atoms with Crippen molar-refractivity contribution in [3.05, 3.63) is 24.2 Å². The summed E-state index contributed by atoms with van der Waals surface area (Å²) in [6, 6.07) is 1.84. The molecular formula is C15H23N3O3. The van der Waals surface area contributed by atoms with E-state index < -0.39 is 0 Å². The van der Waals surface area contributed by atoms with Crippen LogP contribution in [0.1, 0.15) is 45.8 Å². The number of methoxy groups -OCH3 is 1. The largest absolute Gasteiger partial charge is 0.493 e. The van der Waals surface area contributed by atoms with Crippen molar-refractivity contribution in [3.8, 4) is 11.6 Å². The molecule has 0 spiro atoms. The summed E-state index contributed by atoms with van der Waals surface area (Å²) in [5.41, 5.74) is -0.165. The number of nitrogens with zero attached hydrogens (tertiary/aromatic N) is 3. The van der Waals surface area contributed by atoms with Crippen LogP contribution in [-0.4, -0.2) is 28.7 Å². The van der Waals surface area contributed by atoms with Crippen LogP contribution >= 0.6 is 0 Å². The van der Waals surface area contributed by atoms with Crippen molar-refractivity contribution in [3.63, 3.8) is 0 Å². The fourth-order valence-electron chi connectivity index (χ4n) is 1.87. The van der Waals surface area contributed by atoms with E-state index in [9.17, 15) is 0 Å². The number of ether oxygens (including phenoxy) is 2. The minimum atomic E-state index is -0.165. The molecule has 2 aromatic rings. The van der Waals surface area contributed by atoms with E-state index in [1.807, 2.05) is 16.9 Å². The molecule has 0 atom stereocenters. The molecular weight excluding hydrogens is 270 g/mol. The molecule has 0 N–H and O–H groups in total. The van der Waals surface area contributed by atoms with Crippen molar-refractivity contribution in [1.29, 1.82) is 0 Å². The topological polar surface area (TPSA) is 62.3 Å². The lowest BCUT2D eigenvalue weighted by molar-refractivity contribution is 0.203. The Labute approximate surface area is 125 Å². The molecule has 2 aromatic heterocycles. The molecule has 0 radical (unpaired) electrons. The molecule has 0 aliphatic carbocycles. The predicted molar refractivity (Wildman–Crippen MR) is 78.8 cm³/mol. The van der Waals surface area contributed by atoms with E-state index >= 15 is 0 Å². The zero-order chi connectivity index (χ0) is 15.5. The van der Waals surface area contributed by atoms with Crippen LogP contribution in [0.3, 0.4) is 0 Å². The van der Waals surface area contributed by atoms with Crippen molar-refractivity contribution < 1.29 is 14.0 Å². The van der Waals surface area contributed by atoms with Gasteiger partial charge in [0.2, 0.25) is 0 Å². The van der Waals surface area contributed by atoms with Crippen LogP contribution in [0, 0.1) is 0 Å². The second-order valence-electron chi connectivity index (χ2n) is 5.96. The molecule has 21 heavy (non-hydrogen) atoms. The Hall–Kier alpha value is -1.98. The number of aromatic nitrogens is 3. The van der Waals surface area contributed by atoms with Crippen molar-refractivity contribution >= 4 is 0 Å². The van der Waals surface area contributed by atoms with Gasteiger partial charge in [0, 0.05) is 18.4 Å². The summed E-state index contributed by atoms with van der Waals surface area (Å²) in [5, 5.41) is 8.22. The zero-order valence-corrected chi connectivity index (χ0v) is 13.3. The van der Waals surface area contributed by atoms with E-state index in [0.29, 0.717) is 18.4 Å². The van der Waals surface area contributed by atoms with Crippen LogP contribution in [0.5, 0.6) is 11.6 Å². The molecule has 6 heteroatoms. The third-order valence-electron chi connectivity index (χ3n) is 3.45. The highest BCUT2D eigenvalue weighted by Gasteiger charge is 2.22. The summed E-state index contributed by atoms with van der Waals surface area (Å²) in [7, 11) is 1.63. The molecule has 0 amide bonds. The molecule has 0 saturated heterocycles. The highest BCUT2D eigenvalue weighted by molar-refractivity contribution is 5.14. The molecule has 2 rings (SSSR count). The van der Waals surface area contributed by atoms with Crippen molar-refractivity contribution in [2.24, 2.45) is 0 Å². The fourth-order valence-corrected chi connectivity index (χ4v) is 1.87. The predicted octanol–water partition coefficient (Wildman–Crippen LogP) is 3.21. The van der Waals surface area contributed by atoms with E-state index in [4.69, 9.17) is 14.0 Å². The standard InChI is InChI=1S/C15H23N3O3/c1-11(2)13-8-14(17-21-13)20-7-6-15(3,4)18-10-12(19-5)9-16-18/h8-11H,6-7H2,1-5H3. The lowest BCUT2D eigenvalue weighted by Crippen LogP contribution is -2.29. The highest BCUT2D eigenvalue weighted by atomic mass is 16.5. The van der Waals surface area contributed by atoms with Crippen LogP contribution in [0.4, 0.5) is 0 Å². The van der Waals surface area contributed by atoms with Gasteiger partial charge in [-0.15, -0.1) is 0 Å². The molecule has 0 aliphatic heterocycles. The molecule has 116 valence electrons. The van der Waals surface area contributed by atoms with Crippen molar-refractivity contribution in [2.75, 3.05) is 13.7 Å². The highest BCUT2D eigenvalue weighted by Crippen LogP contribution is 2.23. The summed E-state index contributed by atoms with van der Waals surface area (Å²) in [6.07, 6.45) is 4.38. The van der Waals surface area contributed by atoms with Gasteiger partial charge in [-0.05, 0) is 19.0 Å². The van der Waals surface area contributed by atoms with E-state index in [-0.39, 0.29) is 5.54 Å². The lowest BCUT2D eigenvalue weighted by atomic mass is 10.0. The summed E-state index contributed by atoms with van der Waals surface area (Å²) < 4.78 is 17.9. The first-order chi connectivity index (χ1) is 9.92. The third-order valence-corrected chi connectivity index (χ3v) is 3.45. The van der Waals surface area contributed by atoms with E-state index in [1.165, 1.54) is 0 Å². The Morgan fingerprint density at radius 1 is 1.38 bits per heavy atom. The van der Waals surface area contributed by atoms with Crippen LogP contribution in [0.15, 0.2) is 23.0 Å². The lowest BCUT2D eigenvalue weighted by Gasteiger charge is -2.24. The van der Waals surface area contributed by atoms with E-state index in [1.54, 1.807) is 13.3 Å². The van der Waals surface area contributed by atoms with E-state index in [0.717, 1.165) is 17.9 Å². The Balaban J connectivity index is 1.89. The van der Waals surface area contributed by atoms with Crippen LogP contribution in [0.2, 0.25) is 0 Å². The maximum atomic E-state index is 5.65. The quantitative estimate of drug-likeness (QED) is 0.784. The minimum Gasteiger partial charge on any atom is -0.493 e. The SMILES string of the molecule is COc1cnn(C(C)(C)CCOc2cc(C(C)C)on2)c1. The minimum absolute atomic E-state index is 0.165. The Morgan fingerprint density at radius 3 is 2.71 bits per heavy atom. The van der Waals surface area contributed by atoms with Gasteiger partial charge < -0.3 is 14.0 Å². The number of hydrogen-bond donors (Lipinski definition) is 0. The normalized spacial score (nSPS) is 11.9. The monoisotopic (exact) mass is 293 g/mol. The molecule has 0 fully saturated rings. The molecule has 0 unspecified atom stereocenters. The second-order valence-corrected chi connectivity index (χ2v) is 5.96. The van der Waals surface area contributed by atoms with Gasteiger partial charge in [-0.2, -0.15) is 5.10 Å².